The summed E-state index contributed by atoms with van der Waals surface area (Å²) in [5.41, 5.74) is 0.903. The van der Waals surface area contributed by atoms with Crippen LogP contribution in [-0.2, 0) is 4.79 Å². The fraction of sp³-hybridized carbons (Fsp3) is 0.235. The van der Waals surface area contributed by atoms with Crippen LogP contribution in [0.25, 0.3) is 0 Å². The quantitative estimate of drug-likeness (QED) is 0.786. The first-order chi connectivity index (χ1) is 10.1. The molecule has 4 heteroatoms. The number of hydrogen-bond acceptors (Lipinski definition) is 3. The molecule has 3 nitrogen and oxygen atoms in total. The molecule has 0 aliphatic heterocycles. The molecule has 2 aromatic carbocycles. The van der Waals surface area contributed by atoms with E-state index < -0.39 is 0 Å². The van der Waals surface area contributed by atoms with Crippen molar-refractivity contribution in [2.24, 2.45) is 0 Å². The van der Waals surface area contributed by atoms with Crippen LogP contribution in [0.2, 0.25) is 0 Å². The molecule has 0 fully saturated rings. The van der Waals surface area contributed by atoms with E-state index in [0.29, 0.717) is 0 Å². The van der Waals surface area contributed by atoms with Gasteiger partial charge in [-0.3, -0.25) is 4.79 Å². The number of anilines is 1. The van der Waals surface area contributed by atoms with Gasteiger partial charge in [-0.1, -0.05) is 24.3 Å². The summed E-state index contributed by atoms with van der Waals surface area (Å²) in [6.07, 6.45) is 0. The summed E-state index contributed by atoms with van der Waals surface area (Å²) in [5, 5.41) is -0.165. The highest BCUT2D eigenvalue weighted by Crippen LogP contribution is 2.28. The highest BCUT2D eigenvalue weighted by molar-refractivity contribution is 8.00. The summed E-state index contributed by atoms with van der Waals surface area (Å²) < 4.78 is 5.20. The molecule has 1 atom stereocenters. The topological polar surface area (TPSA) is 29.5 Å². The van der Waals surface area contributed by atoms with Crippen molar-refractivity contribution >= 4 is 23.4 Å². The Bertz CT molecular complexity index is 601. The normalized spacial score (nSPS) is 11.8. The van der Waals surface area contributed by atoms with Crippen LogP contribution in [0.5, 0.6) is 5.75 Å². The molecule has 0 aromatic heterocycles. The molecule has 0 bridgehead atoms. The lowest BCUT2D eigenvalue weighted by Crippen LogP contribution is -2.33. The molecule has 1 unspecified atom stereocenters. The average molecular weight is 301 g/mol. The second-order valence-electron chi connectivity index (χ2n) is 4.67. The molecule has 0 heterocycles. The van der Waals surface area contributed by atoms with Gasteiger partial charge in [-0.25, -0.2) is 0 Å². The second-order valence-corrected chi connectivity index (χ2v) is 6.09. The van der Waals surface area contributed by atoms with Crippen molar-refractivity contribution in [2.75, 3.05) is 19.1 Å². The van der Waals surface area contributed by atoms with Gasteiger partial charge < -0.3 is 9.64 Å². The Morgan fingerprint density at radius 1 is 1.14 bits per heavy atom. The summed E-state index contributed by atoms with van der Waals surface area (Å²) in [5.74, 6) is 0.880. The van der Waals surface area contributed by atoms with E-state index in [4.69, 9.17) is 4.74 Å². The van der Waals surface area contributed by atoms with Crippen molar-refractivity contribution < 1.29 is 9.53 Å². The molecular formula is C17H19NO2S. The third-order valence-corrected chi connectivity index (χ3v) is 4.26. The fourth-order valence-corrected chi connectivity index (χ4v) is 2.99. The number of rotatable bonds is 5. The van der Waals surface area contributed by atoms with Crippen molar-refractivity contribution in [3.8, 4) is 5.75 Å². The lowest BCUT2D eigenvalue weighted by Gasteiger charge is -2.21. The number of benzene rings is 2. The lowest BCUT2D eigenvalue weighted by molar-refractivity contribution is -0.117. The van der Waals surface area contributed by atoms with Crippen LogP contribution in [0.1, 0.15) is 6.92 Å². The van der Waals surface area contributed by atoms with Crippen LogP contribution >= 0.6 is 11.8 Å². The third kappa shape index (κ3) is 4.02. The van der Waals surface area contributed by atoms with Gasteiger partial charge in [0.15, 0.2) is 0 Å². The zero-order valence-corrected chi connectivity index (χ0v) is 13.3. The minimum Gasteiger partial charge on any atom is -0.497 e. The van der Waals surface area contributed by atoms with Gasteiger partial charge in [-0.2, -0.15) is 0 Å². The Morgan fingerprint density at radius 3 is 2.52 bits per heavy atom. The van der Waals surface area contributed by atoms with Crippen molar-refractivity contribution in [2.45, 2.75) is 17.1 Å². The van der Waals surface area contributed by atoms with E-state index in [2.05, 4.69) is 0 Å². The Morgan fingerprint density at radius 2 is 1.86 bits per heavy atom. The first-order valence-corrected chi connectivity index (χ1v) is 7.63. The molecule has 0 saturated carbocycles. The average Bonchev–Trinajstić information content (AvgIpc) is 2.54. The van der Waals surface area contributed by atoms with E-state index in [0.717, 1.165) is 16.3 Å². The maximum atomic E-state index is 12.5. The van der Waals surface area contributed by atoms with Gasteiger partial charge in [-0.15, -0.1) is 11.8 Å². The van der Waals surface area contributed by atoms with Gasteiger partial charge in [0.05, 0.1) is 12.4 Å². The first kappa shape index (κ1) is 15.4. The fourth-order valence-electron chi connectivity index (χ4n) is 1.98. The van der Waals surface area contributed by atoms with Crippen LogP contribution < -0.4 is 9.64 Å². The molecule has 0 N–H and O–H groups in total. The summed E-state index contributed by atoms with van der Waals surface area (Å²) in [7, 11) is 3.45. The molecule has 1 amide bonds. The molecule has 0 saturated heterocycles. The maximum absolute atomic E-state index is 12.5. The van der Waals surface area contributed by atoms with Crippen LogP contribution in [0.15, 0.2) is 59.5 Å². The van der Waals surface area contributed by atoms with Gasteiger partial charge >= 0.3 is 0 Å². The smallest absolute Gasteiger partial charge is 0.239 e. The Balaban J connectivity index is 2.05. The standard InChI is InChI=1S/C17H19NO2S/c1-13(21-16-11-7-10-15(12-16)20-3)17(19)18(2)14-8-5-4-6-9-14/h4-13H,1-3H3. The first-order valence-electron chi connectivity index (χ1n) is 6.75. The molecule has 2 rings (SSSR count). The van der Waals surface area contributed by atoms with Gasteiger partial charge in [-0.05, 0) is 37.3 Å². The zero-order valence-electron chi connectivity index (χ0n) is 12.4. The molecular weight excluding hydrogens is 282 g/mol. The van der Waals surface area contributed by atoms with Crippen LogP contribution in [-0.4, -0.2) is 25.3 Å². The number of para-hydroxylation sites is 1. The number of thioether (sulfide) groups is 1. The van der Waals surface area contributed by atoms with Gasteiger partial charge in [0.25, 0.3) is 0 Å². The second kappa shape index (κ2) is 7.18. The molecule has 21 heavy (non-hydrogen) atoms. The van der Waals surface area contributed by atoms with Crippen molar-refractivity contribution in [1.82, 2.24) is 0 Å². The number of carbonyl (C=O) groups excluding carboxylic acids is 1. The van der Waals surface area contributed by atoms with E-state index in [-0.39, 0.29) is 11.2 Å². The van der Waals surface area contributed by atoms with E-state index >= 15 is 0 Å². The number of methoxy groups -OCH3 is 1. The Hall–Kier alpha value is -1.94. The minimum absolute atomic E-state index is 0.0778. The van der Waals surface area contributed by atoms with Crippen molar-refractivity contribution in [3.63, 3.8) is 0 Å². The molecule has 110 valence electrons. The summed E-state index contributed by atoms with van der Waals surface area (Å²) in [6, 6.07) is 17.4. The predicted molar refractivity (Wildman–Crippen MR) is 88.2 cm³/mol. The Labute approximate surface area is 129 Å². The van der Waals surface area contributed by atoms with E-state index in [1.807, 2.05) is 61.5 Å². The van der Waals surface area contributed by atoms with Crippen LogP contribution in [0.3, 0.4) is 0 Å². The molecule has 0 radical (unpaired) electrons. The Kier molecular flexibility index (Phi) is 5.28. The SMILES string of the molecule is COc1cccc(SC(C)C(=O)N(C)c2ccccc2)c1. The summed E-state index contributed by atoms with van der Waals surface area (Å²) in [6.45, 7) is 1.92. The highest BCUT2D eigenvalue weighted by atomic mass is 32.2. The molecule has 0 aliphatic rings. The summed E-state index contributed by atoms with van der Waals surface area (Å²) in [4.78, 5) is 15.2. The highest BCUT2D eigenvalue weighted by Gasteiger charge is 2.19. The number of nitrogens with zero attached hydrogens (tertiary/aromatic N) is 1. The van der Waals surface area contributed by atoms with Gasteiger partial charge in [0, 0.05) is 17.6 Å². The largest absolute Gasteiger partial charge is 0.497 e. The number of carbonyl (C=O) groups is 1. The van der Waals surface area contributed by atoms with Gasteiger partial charge in [0.2, 0.25) is 5.91 Å². The van der Waals surface area contributed by atoms with E-state index in [1.165, 1.54) is 11.8 Å². The third-order valence-electron chi connectivity index (χ3n) is 3.18. The van der Waals surface area contributed by atoms with E-state index in [1.54, 1.807) is 19.1 Å². The number of ether oxygens (including phenoxy) is 1. The lowest BCUT2D eigenvalue weighted by atomic mass is 10.3. The number of hydrogen-bond donors (Lipinski definition) is 0. The monoisotopic (exact) mass is 301 g/mol. The summed E-state index contributed by atoms with van der Waals surface area (Å²) >= 11 is 1.53. The van der Waals surface area contributed by atoms with Crippen LogP contribution in [0.4, 0.5) is 5.69 Å². The molecule has 0 aliphatic carbocycles. The van der Waals surface area contributed by atoms with E-state index in [9.17, 15) is 4.79 Å². The minimum atomic E-state index is -0.165. The maximum Gasteiger partial charge on any atom is 0.239 e. The zero-order chi connectivity index (χ0) is 15.2. The van der Waals surface area contributed by atoms with Crippen molar-refractivity contribution in [3.05, 3.63) is 54.6 Å². The molecule has 0 spiro atoms. The van der Waals surface area contributed by atoms with Crippen LogP contribution in [0, 0.1) is 0 Å². The molecule has 2 aromatic rings. The number of amides is 1. The van der Waals surface area contributed by atoms with Crippen molar-refractivity contribution in [1.29, 1.82) is 0 Å². The van der Waals surface area contributed by atoms with Gasteiger partial charge in [0.1, 0.15) is 5.75 Å². The predicted octanol–water partition coefficient (Wildman–Crippen LogP) is 3.84.